The average Bonchev–Trinajstić information content (AvgIpc) is 3.16. The van der Waals surface area contributed by atoms with Crippen molar-refractivity contribution >= 4 is 40.3 Å². The van der Waals surface area contributed by atoms with E-state index in [4.69, 9.17) is 4.99 Å². The molecule has 5 heteroatoms. The first-order valence-corrected chi connectivity index (χ1v) is 11.7. The summed E-state index contributed by atoms with van der Waals surface area (Å²) in [6, 6.07) is 14.5. The lowest BCUT2D eigenvalue weighted by Gasteiger charge is -2.29. The minimum atomic E-state index is -0.0686. The van der Waals surface area contributed by atoms with Crippen molar-refractivity contribution in [3.05, 3.63) is 77.4 Å². The topological polar surface area (TPSA) is 56.7 Å². The number of piperazine rings is 1. The molecule has 1 amide bonds. The van der Waals surface area contributed by atoms with Gasteiger partial charge >= 0.3 is 0 Å². The number of anilines is 2. The van der Waals surface area contributed by atoms with E-state index in [1.165, 1.54) is 5.69 Å². The van der Waals surface area contributed by atoms with Gasteiger partial charge in [0.2, 0.25) is 0 Å². The van der Waals surface area contributed by atoms with Crippen molar-refractivity contribution in [3.63, 3.8) is 0 Å². The molecule has 0 aliphatic carbocycles. The van der Waals surface area contributed by atoms with E-state index in [2.05, 4.69) is 58.9 Å². The second-order valence-corrected chi connectivity index (χ2v) is 8.34. The lowest BCUT2D eigenvalue weighted by atomic mass is 10.00. The van der Waals surface area contributed by atoms with Crippen LogP contribution >= 0.6 is 0 Å². The number of nitrogens with one attached hydrogen (secondary N) is 2. The number of allylic oxidation sites excluding steroid dienone is 3. The van der Waals surface area contributed by atoms with Crippen LogP contribution in [0, 0.1) is 0 Å². The van der Waals surface area contributed by atoms with Gasteiger partial charge in [0.1, 0.15) is 0 Å². The largest absolute Gasteiger partial charge is 0.369 e. The van der Waals surface area contributed by atoms with Crippen molar-refractivity contribution in [1.82, 2.24) is 5.32 Å². The number of rotatable bonds is 6. The molecule has 0 radical (unpaired) electrons. The van der Waals surface area contributed by atoms with Gasteiger partial charge in [-0.2, -0.15) is 0 Å². The zero-order valence-corrected chi connectivity index (χ0v) is 19.7. The fourth-order valence-electron chi connectivity index (χ4n) is 4.17. The van der Waals surface area contributed by atoms with E-state index in [0.717, 1.165) is 66.4 Å². The summed E-state index contributed by atoms with van der Waals surface area (Å²) in [6.45, 7) is 10.2. The summed E-state index contributed by atoms with van der Waals surface area (Å²) < 4.78 is 0. The fourth-order valence-corrected chi connectivity index (χ4v) is 4.17. The molecule has 5 nitrogen and oxygen atoms in total. The quantitative estimate of drug-likeness (QED) is 0.469. The summed E-state index contributed by atoms with van der Waals surface area (Å²) in [5.41, 5.74) is 7.53. The van der Waals surface area contributed by atoms with Crippen LogP contribution in [-0.2, 0) is 4.79 Å². The van der Waals surface area contributed by atoms with Gasteiger partial charge in [0.25, 0.3) is 5.91 Å². The number of hydrogen-bond donors (Lipinski definition) is 2. The maximum absolute atomic E-state index is 12.8. The first-order valence-electron chi connectivity index (χ1n) is 11.7. The summed E-state index contributed by atoms with van der Waals surface area (Å²) in [5, 5.41) is 6.38. The highest BCUT2D eigenvalue weighted by Gasteiger charge is 2.24. The Morgan fingerprint density at radius 1 is 1.12 bits per heavy atom. The van der Waals surface area contributed by atoms with E-state index < -0.39 is 0 Å². The lowest BCUT2D eigenvalue weighted by molar-refractivity contribution is -0.110. The van der Waals surface area contributed by atoms with Crippen molar-refractivity contribution in [2.75, 3.05) is 36.4 Å². The SMILES string of the molecule is CC=C(N=C(C)/C=C\CC)c1ccc2c(c1)/C(=C/c1ccc(N3CCNCC3)cc1)C(=O)N2. The van der Waals surface area contributed by atoms with Crippen LogP contribution < -0.4 is 15.5 Å². The molecule has 2 heterocycles. The van der Waals surface area contributed by atoms with Crippen molar-refractivity contribution in [2.24, 2.45) is 4.99 Å². The molecule has 33 heavy (non-hydrogen) atoms. The second kappa shape index (κ2) is 10.5. The molecule has 0 bridgehead atoms. The Bertz CT molecular complexity index is 1130. The number of fused-ring (bicyclic) bond motifs is 1. The van der Waals surface area contributed by atoms with E-state index in [1.807, 2.05) is 44.2 Å². The van der Waals surface area contributed by atoms with Gasteiger partial charge in [0, 0.05) is 60.0 Å². The number of nitrogens with zero attached hydrogens (tertiary/aromatic N) is 2. The normalized spacial score (nSPS) is 18.2. The van der Waals surface area contributed by atoms with Gasteiger partial charge in [-0.05, 0) is 62.2 Å². The lowest BCUT2D eigenvalue weighted by Crippen LogP contribution is -2.43. The Balaban J connectivity index is 1.61. The Kier molecular flexibility index (Phi) is 7.20. The van der Waals surface area contributed by atoms with Crippen molar-refractivity contribution in [3.8, 4) is 0 Å². The van der Waals surface area contributed by atoms with E-state index in [1.54, 1.807) is 0 Å². The van der Waals surface area contributed by atoms with Gasteiger partial charge in [-0.25, -0.2) is 0 Å². The van der Waals surface area contributed by atoms with Gasteiger partial charge in [-0.15, -0.1) is 0 Å². The summed E-state index contributed by atoms with van der Waals surface area (Å²) in [5.74, 6) is -0.0686. The molecule has 2 N–H and O–H groups in total. The molecule has 0 aromatic heterocycles. The predicted molar refractivity (Wildman–Crippen MR) is 141 cm³/mol. The Morgan fingerprint density at radius 3 is 2.58 bits per heavy atom. The maximum atomic E-state index is 12.8. The van der Waals surface area contributed by atoms with E-state index in [9.17, 15) is 4.79 Å². The first-order chi connectivity index (χ1) is 16.1. The van der Waals surface area contributed by atoms with Gasteiger partial charge in [-0.3, -0.25) is 9.79 Å². The number of amides is 1. The zero-order chi connectivity index (χ0) is 23.2. The highest BCUT2D eigenvalue weighted by atomic mass is 16.2. The predicted octanol–water partition coefficient (Wildman–Crippen LogP) is 5.38. The third-order valence-corrected chi connectivity index (χ3v) is 5.95. The molecule has 0 atom stereocenters. The fraction of sp³-hybridized carbons (Fsp3) is 0.286. The van der Waals surface area contributed by atoms with Crippen LogP contribution in [0.4, 0.5) is 11.4 Å². The van der Waals surface area contributed by atoms with Crippen LogP contribution in [0.2, 0.25) is 0 Å². The third-order valence-electron chi connectivity index (χ3n) is 5.95. The molecular weight excluding hydrogens is 408 g/mol. The number of aliphatic imine (C=N–C) groups is 1. The smallest absolute Gasteiger partial charge is 0.256 e. The molecule has 2 aliphatic heterocycles. The van der Waals surface area contributed by atoms with Gasteiger partial charge in [0.15, 0.2) is 0 Å². The Labute approximate surface area is 196 Å². The first kappa shape index (κ1) is 22.7. The minimum Gasteiger partial charge on any atom is -0.369 e. The van der Waals surface area contributed by atoms with E-state index in [0.29, 0.717) is 5.57 Å². The molecule has 2 aliphatic rings. The molecule has 0 saturated carbocycles. The van der Waals surface area contributed by atoms with Crippen molar-refractivity contribution in [1.29, 1.82) is 0 Å². The molecule has 170 valence electrons. The zero-order valence-electron chi connectivity index (χ0n) is 19.7. The van der Waals surface area contributed by atoms with Crippen LogP contribution in [-0.4, -0.2) is 37.8 Å². The number of carbonyl (C=O) groups is 1. The summed E-state index contributed by atoms with van der Waals surface area (Å²) >= 11 is 0. The molecule has 4 rings (SSSR count). The molecule has 2 aromatic carbocycles. The second-order valence-electron chi connectivity index (χ2n) is 8.34. The monoisotopic (exact) mass is 440 g/mol. The number of carbonyl (C=O) groups excluding carboxylic acids is 1. The van der Waals surface area contributed by atoms with Crippen LogP contribution in [0.3, 0.4) is 0 Å². The molecule has 1 saturated heterocycles. The molecule has 0 unspecified atom stereocenters. The molecule has 0 spiro atoms. The Morgan fingerprint density at radius 2 is 1.88 bits per heavy atom. The van der Waals surface area contributed by atoms with Crippen molar-refractivity contribution < 1.29 is 4.79 Å². The highest BCUT2D eigenvalue weighted by Crippen LogP contribution is 2.35. The average molecular weight is 441 g/mol. The van der Waals surface area contributed by atoms with Gasteiger partial charge in [0.05, 0.1) is 5.70 Å². The Hall–Kier alpha value is -3.44. The number of hydrogen-bond acceptors (Lipinski definition) is 4. The standard InChI is InChI=1S/C28H32N4O/c1-4-6-7-20(3)30-26(5-2)22-10-13-27-24(19-22)25(28(33)31-27)18-21-8-11-23(12-9-21)32-16-14-29-15-17-32/h5-13,18-19,29H,4,14-17H2,1-3H3,(H,31,33)/b7-6-,25-18-,26-5?,30-20?. The third kappa shape index (κ3) is 5.32. The summed E-state index contributed by atoms with van der Waals surface area (Å²) in [4.78, 5) is 19.9. The van der Waals surface area contributed by atoms with Crippen molar-refractivity contribution in [2.45, 2.75) is 27.2 Å². The van der Waals surface area contributed by atoms with Gasteiger partial charge in [-0.1, -0.05) is 37.3 Å². The molecule has 2 aromatic rings. The van der Waals surface area contributed by atoms with E-state index in [-0.39, 0.29) is 5.91 Å². The molecule has 1 fully saturated rings. The van der Waals surface area contributed by atoms with Crippen LogP contribution in [0.1, 0.15) is 43.9 Å². The van der Waals surface area contributed by atoms with E-state index >= 15 is 0 Å². The number of benzene rings is 2. The van der Waals surface area contributed by atoms with Crippen LogP contribution in [0.5, 0.6) is 0 Å². The minimum absolute atomic E-state index is 0.0686. The highest BCUT2D eigenvalue weighted by molar-refractivity contribution is 6.35. The van der Waals surface area contributed by atoms with Gasteiger partial charge < -0.3 is 15.5 Å². The molecular formula is C28H32N4O. The van der Waals surface area contributed by atoms with Crippen LogP contribution in [0.25, 0.3) is 17.3 Å². The maximum Gasteiger partial charge on any atom is 0.256 e. The summed E-state index contributed by atoms with van der Waals surface area (Å²) in [6.07, 6.45) is 9.10. The van der Waals surface area contributed by atoms with Crippen LogP contribution in [0.15, 0.2) is 65.7 Å². The summed E-state index contributed by atoms with van der Waals surface area (Å²) in [7, 11) is 0.